The quantitative estimate of drug-likeness (QED) is 0.903. The Bertz CT molecular complexity index is 546. The van der Waals surface area contributed by atoms with Crippen LogP contribution < -0.4 is 4.90 Å². The summed E-state index contributed by atoms with van der Waals surface area (Å²) in [5, 5.41) is 9.62. The van der Waals surface area contributed by atoms with Crippen LogP contribution in [0.3, 0.4) is 0 Å². The second-order valence-corrected chi connectivity index (χ2v) is 6.01. The van der Waals surface area contributed by atoms with Crippen LogP contribution >= 0.6 is 0 Å². The molecule has 0 aromatic heterocycles. The summed E-state index contributed by atoms with van der Waals surface area (Å²) < 4.78 is 0. The summed E-state index contributed by atoms with van der Waals surface area (Å²) in [6.45, 7) is 8.28. The molecule has 1 heterocycles. The van der Waals surface area contributed by atoms with Crippen molar-refractivity contribution in [1.82, 2.24) is 0 Å². The van der Waals surface area contributed by atoms with E-state index in [0.29, 0.717) is 6.42 Å². The number of aliphatic carboxylic acids is 1. The number of carboxylic acid groups (broad SMARTS) is 1. The fourth-order valence-electron chi connectivity index (χ4n) is 3.21. The van der Waals surface area contributed by atoms with Gasteiger partial charge in [0.1, 0.15) is 6.04 Å². The highest BCUT2D eigenvalue weighted by Gasteiger charge is 2.38. The zero-order valence-corrected chi connectivity index (χ0v) is 12.7. The van der Waals surface area contributed by atoms with Crippen molar-refractivity contribution in [2.75, 3.05) is 4.90 Å². The summed E-state index contributed by atoms with van der Waals surface area (Å²) in [5.74, 6) is -0.748. The van der Waals surface area contributed by atoms with E-state index < -0.39 is 12.0 Å². The van der Waals surface area contributed by atoms with Crippen molar-refractivity contribution in [3.8, 4) is 0 Å². The van der Waals surface area contributed by atoms with E-state index in [1.807, 2.05) is 25.1 Å². The third-order valence-electron chi connectivity index (χ3n) is 3.94. The molecule has 1 atom stereocenters. The molecule has 0 unspecified atom stereocenters. The minimum atomic E-state index is -0.748. The van der Waals surface area contributed by atoms with Gasteiger partial charge >= 0.3 is 5.97 Å². The second-order valence-electron chi connectivity index (χ2n) is 6.01. The third kappa shape index (κ3) is 2.45. The van der Waals surface area contributed by atoms with E-state index in [4.69, 9.17) is 0 Å². The van der Waals surface area contributed by atoms with Crippen molar-refractivity contribution < 1.29 is 9.90 Å². The van der Waals surface area contributed by atoms with E-state index >= 15 is 0 Å². The molecule has 1 N–H and O–H groups in total. The van der Waals surface area contributed by atoms with Gasteiger partial charge in [-0.15, -0.1) is 0 Å². The molecule has 0 bridgehead atoms. The van der Waals surface area contributed by atoms with E-state index in [1.165, 1.54) is 5.57 Å². The molecule has 108 valence electrons. The van der Waals surface area contributed by atoms with Gasteiger partial charge in [-0.1, -0.05) is 37.6 Å². The van der Waals surface area contributed by atoms with Gasteiger partial charge in [0.05, 0.1) is 5.54 Å². The van der Waals surface area contributed by atoms with Crippen LogP contribution in [0.4, 0.5) is 5.69 Å². The summed E-state index contributed by atoms with van der Waals surface area (Å²) in [4.78, 5) is 13.8. The van der Waals surface area contributed by atoms with Gasteiger partial charge in [0.2, 0.25) is 0 Å². The summed E-state index contributed by atoms with van der Waals surface area (Å²) in [6.07, 6.45) is 3.68. The van der Waals surface area contributed by atoms with E-state index in [9.17, 15) is 9.90 Å². The van der Waals surface area contributed by atoms with Crippen molar-refractivity contribution in [2.45, 2.75) is 52.1 Å². The predicted molar refractivity (Wildman–Crippen MR) is 83.0 cm³/mol. The van der Waals surface area contributed by atoms with Gasteiger partial charge in [-0.2, -0.15) is 0 Å². The number of para-hydroxylation sites is 1. The number of hydrogen-bond acceptors (Lipinski definition) is 2. The molecule has 20 heavy (non-hydrogen) atoms. The molecule has 1 aromatic carbocycles. The van der Waals surface area contributed by atoms with Crippen molar-refractivity contribution in [2.24, 2.45) is 0 Å². The van der Waals surface area contributed by atoms with Gasteiger partial charge in [0, 0.05) is 11.3 Å². The summed E-state index contributed by atoms with van der Waals surface area (Å²) in [5.41, 5.74) is 3.08. The number of hydrogen-bond donors (Lipinski definition) is 1. The maximum Gasteiger partial charge on any atom is 0.326 e. The topological polar surface area (TPSA) is 40.5 Å². The fourth-order valence-corrected chi connectivity index (χ4v) is 3.21. The summed E-state index contributed by atoms with van der Waals surface area (Å²) >= 11 is 0. The number of benzene rings is 1. The number of rotatable bonds is 4. The Morgan fingerprint density at radius 3 is 2.60 bits per heavy atom. The lowest BCUT2D eigenvalue weighted by Crippen LogP contribution is -2.54. The van der Waals surface area contributed by atoms with E-state index in [-0.39, 0.29) is 5.54 Å². The number of nitrogens with zero attached hydrogens (tertiary/aromatic N) is 1. The number of carboxylic acids is 1. The van der Waals surface area contributed by atoms with Crippen LogP contribution in [0.2, 0.25) is 0 Å². The number of carbonyl (C=O) groups is 1. The molecule has 0 radical (unpaired) electrons. The predicted octanol–water partition coefficient (Wildman–Crippen LogP) is 3.94. The Morgan fingerprint density at radius 2 is 2.00 bits per heavy atom. The van der Waals surface area contributed by atoms with Gasteiger partial charge in [-0.25, -0.2) is 4.79 Å². The Balaban J connectivity index is 2.57. The molecule has 1 aliphatic rings. The Kier molecular flexibility index (Phi) is 3.89. The molecule has 0 spiro atoms. The molecule has 0 fully saturated rings. The van der Waals surface area contributed by atoms with Crippen LogP contribution in [-0.2, 0) is 4.79 Å². The van der Waals surface area contributed by atoms with Gasteiger partial charge in [0.25, 0.3) is 0 Å². The van der Waals surface area contributed by atoms with Crippen molar-refractivity contribution >= 4 is 17.2 Å². The molecule has 0 amide bonds. The van der Waals surface area contributed by atoms with Crippen LogP contribution in [0.25, 0.3) is 5.57 Å². The lowest BCUT2D eigenvalue weighted by Gasteiger charge is -2.46. The zero-order chi connectivity index (χ0) is 14.9. The van der Waals surface area contributed by atoms with Crippen molar-refractivity contribution in [3.05, 3.63) is 35.9 Å². The maximum atomic E-state index is 11.7. The largest absolute Gasteiger partial charge is 0.480 e. The first kappa shape index (κ1) is 14.6. The maximum absolute atomic E-state index is 11.7. The molecule has 0 saturated heterocycles. The highest BCUT2D eigenvalue weighted by atomic mass is 16.4. The Hall–Kier alpha value is -1.77. The van der Waals surface area contributed by atoms with Crippen LogP contribution in [-0.4, -0.2) is 22.7 Å². The number of fused-ring (bicyclic) bond motifs is 1. The fraction of sp³-hybridized carbons (Fsp3) is 0.471. The first-order valence-corrected chi connectivity index (χ1v) is 7.19. The summed E-state index contributed by atoms with van der Waals surface area (Å²) in [7, 11) is 0. The number of anilines is 1. The van der Waals surface area contributed by atoms with Crippen LogP contribution in [0, 0.1) is 0 Å². The molecule has 0 aliphatic carbocycles. The summed E-state index contributed by atoms with van der Waals surface area (Å²) in [6, 6.07) is 7.58. The molecular weight excluding hydrogens is 250 g/mol. The van der Waals surface area contributed by atoms with Crippen molar-refractivity contribution in [3.63, 3.8) is 0 Å². The highest BCUT2D eigenvalue weighted by molar-refractivity contribution is 5.86. The van der Waals surface area contributed by atoms with E-state index in [1.54, 1.807) is 0 Å². The SMILES string of the molecule is CCC[C@H](C(=O)O)N1c2ccccc2C(C)=CC1(C)C. The van der Waals surface area contributed by atoms with Gasteiger partial charge in [-0.3, -0.25) is 0 Å². The highest BCUT2D eigenvalue weighted by Crippen LogP contribution is 2.40. The minimum absolute atomic E-state index is 0.295. The average molecular weight is 273 g/mol. The molecule has 3 heteroatoms. The van der Waals surface area contributed by atoms with Gasteiger partial charge in [-0.05, 0) is 38.8 Å². The first-order chi connectivity index (χ1) is 9.38. The van der Waals surface area contributed by atoms with E-state index in [0.717, 1.165) is 17.7 Å². The zero-order valence-electron chi connectivity index (χ0n) is 12.7. The van der Waals surface area contributed by atoms with Crippen molar-refractivity contribution in [1.29, 1.82) is 0 Å². The average Bonchev–Trinajstić information content (AvgIpc) is 2.36. The third-order valence-corrected chi connectivity index (χ3v) is 3.94. The molecule has 0 saturated carbocycles. The molecule has 1 aromatic rings. The van der Waals surface area contributed by atoms with Crippen LogP contribution in [0.1, 0.15) is 46.1 Å². The Morgan fingerprint density at radius 1 is 1.35 bits per heavy atom. The monoisotopic (exact) mass is 273 g/mol. The molecular formula is C17H23NO2. The minimum Gasteiger partial charge on any atom is -0.480 e. The standard InChI is InChI=1S/C17H23NO2/c1-5-8-15(16(19)20)18-14-10-7-6-9-13(14)12(2)11-17(18,3)4/h6-7,9-11,15H,5,8H2,1-4H3,(H,19,20)/t15-/m1/s1. The van der Waals surface area contributed by atoms with Gasteiger partial charge in [0.15, 0.2) is 0 Å². The van der Waals surface area contributed by atoms with Crippen LogP contribution in [0.15, 0.2) is 30.3 Å². The second kappa shape index (κ2) is 5.31. The Labute approximate surface area is 120 Å². The molecule has 2 rings (SSSR count). The van der Waals surface area contributed by atoms with E-state index in [2.05, 4.69) is 37.8 Å². The molecule has 3 nitrogen and oxygen atoms in total. The smallest absolute Gasteiger partial charge is 0.326 e. The lowest BCUT2D eigenvalue weighted by molar-refractivity contribution is -0.139. The molecule has 1 aliphatic heterocycles. The normalized spacial score (nSPS) is 18.2. The van der Waals surface area contributed by atoms with Crippen LogP contribution in [0.5, 0.6) is 0 Å². The van der Waals surface area contributed by atoms with Gasteiger partial charge < -0.3 is 10.0 Å². The first-order valence-electron chi connectivity index (χ1n) is 7.19. The number of allylic oxidation sites excluding steroid dienone is 1. The lowest BCUT2D eigenvalue weighted by atomic mass is 9.86.